The van der Waals surface area contributed by atoms with Gasteiger partial charge >= 0.3 is 6.16 Å². The molecule has 1 unspecified atom stereocenters. The fourth-order valence-corrected chi connectivity index (χ4v) is 2.62. The van der Waals surface area contributed by atoms with Crippen molar-refractivity contribution in [2.75, 3.05) is 0 Å². The molecule has 1 N–H and O–H groups in total. The molecule has 0 aliphatic rings. The average Bonchev–Trinajstić information content (AvgIpc) is 2.18. The molecule has 1 aromatic rings. The van der Waals surface area contributed by atoms with Crippen molar-refractivity contribution in [3.63, 3.8) is 0 Å². The topological polar surface area (TPSA) is 46.5 Å². The molecule has 4 heteroatoms. The third-order valence-electron chi connectivity index (χ3n) is 2.67. The van der Waals surface area contributed by atoms with E-state index in [4.69, 9.17) is 9.84 Å². The summed E-state index contributed by atoms with van der Waals surface area (Å²) >= 11 is 2.25. The van der Waals surface area contributed by atoms with Crippen LogP contribution in [0.5, 0.6) is 0 Å². The summed E-state index contributed by atoms with van der Waals surface area (Å²) in [6.45, 7) is 5.99. The van der Waals surface area contributed by atoms with Crippen LogP contribution in [0.25, 0.3) is 0 Å². The minimum Gasteiger partial charge on any atom is -0.450 e. The van der Waals surface area contributed by atoms with E-state index in [-0.39, 0.29) is 0 Å². The molecular weight excluding hydrogens is 343 g/mol. The molecule has 0 bridgehead atoms. The highest BCUT2D eigenvalue weighted by molar-refractivity contribution is 14.1. The van der Waals surface area contributed by atoms with Crippen molar-refractivity contribution in [3.8, 4) is 0 Å². The minimum absolute atomic E-state index is 0.387. The van der Waals surface area contributed by atoms with E-state index in [9.17, 15) is 4.79 Å². The Hall–Kier alpha value is -0.780. The van der Waals surface area contributed by atoms with Crippen LogP contribution in [0, 0.1) is 9.49 Å². The molecule has 0 fully saturated rings. The smallest absolute Gasteiger partial charge is 0.450 e. The van der Waals surface area contributed by atoms with E-state index in [1.807, 2.05) is 31.2 Å². The quantitative estimate of drug-likeness (QED) is 0.626. The summed E-state index contributed by atoms with van der Waals surface area (Å²) in [5.41, 5.74) is 0.437. The lowest BCUT2D eigenvalue weighted by Gasteiger charge is -2.30. The van der Waals surface area contributed by atoms with Crippen molar-refractivity contribution in [2.45, 2.75) is 39.2 Å². The first-order valence-corrected chi connectivity index (χ1v) is 7.05. The molecule has 0 saturated carbocycles. The predicted molar refractivity (Wildman–Crippen MR) is 79.8 cm³/mol. The summed E-state index contributed by atoms with van der Waals surface area (Å²) < 4.78 is 6.27. The summed E-state index contributed by atoms with van der Waals surface area (Å²) in [6.07, 6.45) is 0.114. The Kier molecular flexibility index (Phi) is 5.44. The maximum absolute atomic E-state index is 10.8. The number of carbonyl (C=O) groups is 1. The largest absolute Gasteiger partial charge is 0.506 e. The van der Waals surface area contributed by atoms with Gasteiger partial charge in [0.25, 0.3) is 0 Å². The predicted octanol–water partition coefficient (Wildman–Crippen LogP) is 4.33. The maximum atomic E-state index is 10.8. The molecule has 0 aromatic heterocycles. The second-order valence-corrected chi connectivity index (χ2v) is 6.46. The summed E-state index contributed by atoms with van der Waals surface area (Å²) in [5.74, 6) is 0.387. The van der Waals surface area contributed by atoms with Gasteiger partial charge in [0.15, 0.2) is 0 Å². The van der Waals surface area contributed by atoms with E-state index in [0.717, 1.165) is 5.56 Å². The Labute approximate surface area is 122 Å². The second kappa shape index (κ2) is 6.41. The number of rotatable bonds is 5. The number of ether oxygens (including phenoxy) is 1. The zero-order valence-corrected chi connectivity index (χ0v) is 13.1. The van der Waals surface area contributed by atoms with Gasteiger partial charge in [-0.2, -0.15) is 0 Å². The highest BCUT2D eigenvalue weighted by atomic mass is 127. The highest BCUT2D eigenvalue weighted by Gasteiger charge is 2.30. The molecule has 0 aliphatic carbocycles. The van der Waals surface area contributed by atoms with E-state index in [1.165, 1.54) is 3.57 Å². The van der Waals surface area contributed by atoms with Crippen LogP contribution < -0.4 is 0 Å². The van der Waals surface area contributed by atoms with Gasteiger partial charge in [0.05, 0.1) is 0 Å². The lowest BCUT2D eigenvalue weighted by Crippen LogP contribution is -2.35. The number of carboxylic acid groups (broad SMARTS) is 1. The molecule has 1 rings (SSSR count). The van der Waals surface area contributed by atoms with Crippen LogP contribution in [0.1, 0.15) is 32.8 Å². The molecule has 1 atom stereocenters. The molecule has 100 valence electrons. The zero-order valence-electron chi connectivity index (χ0n) is 10.9. The zero-order chi connectivity index (χ0) is 13.8. The first-order valence-electron chi connectivity index (χ1n) is 5.97. The van der Waals surface area contributed by atoms with Gasteiger partial charge in [0, 0.05) is 9.99 Å². The molecule has 1 aromatic carbocycles. The average molecular weight is 362 g/mol. The Morgan fingerprint density at radius 3 is 2.39 bits per heavy atom. The Bertz CT molecular complexity index is 400. The first kappa shape index (κ1) is 15.3. The van der Waals surface area contributed by atoms with E-state index in [1.54, 1.807) is 0 Å². The van der Waals surface area contributed by atoms with E-state index in [0.29, 0.717) is 18.8 Å². The van der Waals surface area contributed by atoms with Gasteiger partial charge in [-0.1, -0.05) is 26.0 Å². The molecule has 0 spiro atoms. The fraction of sp³-hybridized carbons (Fsp3) is 0.500. The summed E-state index contributed by atoms with van der Waals surface area (Å²) in [6, 6.07) is 8.08. The first-order chi connectivity index (χ1) is 8.31. The van der Waals surface area contributed by atoms with Gasteiger partial charge in [-0.3, -0.25) is 0 Å². The second-order valence-electron chi connectivity index (χ2n) is 5.22. The van der Waals surface area contributed by atoms with Crippen molar-refractivity contribution >= 4 is 28.7 Å². The third kappa shape index (κ3) is 5.25. The number of hydrogen-bond donors (Lipinski definition) is 1. The van der Waals surface area contributed by atoms with Gasteiger partial charge in [0.2, 0.25) is 0 Å². The van der Waals surface area contributed by atoms with Crippen molar-refractivity contribution in [3.05, 3.63) is 33.4 Å². The van der Waals surface area contributed by atoms with Gasteiger partial charge in [-0.05, 0) is 59.5 Å². The van der Waals surface area contributed by atoms with Crippen LogP contribution in [0.15, 0.2) is 24.3 Å². The minimum atomic E-state index is -1.20. The Morgan fingerprint density at radius 1 is 1.39 bits per heavy atom. The molecule has 0 heterocycles. The van der Waals surface area contributed by atoms with Crippen LogP contribution in [0.4, 0.5) is 4.79 Å². The van der Waals surface area contributed by atoms with Gasteiger partial charge in [-0.25, -0.2) is 4.79 Å². The van der Waals surface area contributed by atoms with Gasteiger partial charge in [0.1, 0.15) is 5.60 Å². The monoisotopic (exact) mass is 362 g/mol. The van der Waals surface area contributed by atoms with Crippen LogP contribution in [-0.2, 0) is 11.2 Å². The molecule has 18 heavy (non-hydrogen) atoms. The Balaban J connectivity index is 2.83. The summed E-state index contributed by atoms with van der Waals surface area (Å²) in [5, 5.41) is 8.86. The standard InChI is InChI=1S/C14H19IO3/c1-10(2)8-14(3,18-13(16)17)9-11-4-6-12(15)7-5-11/h4-7,10H,8-9H2,1-3H3,(H,16,17). The number of halogens is 1. The third-order valence-corrected chi connectivity index (χ3v) is 3.38. The summed E-state index contributed by atoms with van der Waals surface area (Å²) in [7, 11) is 0. The number of hydrogen-bond acceptors (Lipinski definition) is 2. The molecule has 0 amide bonds. The SMILES string of the molecule is CC(C)CC(C)(Cc1ccc(I)cc1)OC(=O)O. The van der Waals surface area contributed by atoms with E-state index < -0.39 is 11.8 Å². The van der Waals surface area contributed by atoms with Crippen molar-refractivity contribution in [2.24, 2.45) is 5.92 Å². The van der Waals surface area contributed by atoms with Crippen LogP contribution >= 0.6 is 22.6 Å². The maximum Gasteiger partial charge on any atom is 0.506 e. The lowest BCUT2D eigenvalue weighted by molar-refractivity contribution is -0.0191. The highest BCUT2D eigenvalue weighted by Crippen LogP contribution is 2.26. The van der Waals surface area contributed by atoms with Crippen molar-refractivity contribution in [1.29, 1.82) is 0 Å². The molecule has 0 radical (unpaired) electrons. The molecule has 0 aliphatic heterocycles. The Morgan fingerprint density at radius 2 is 1.94 bits per heavy atom. The molecular formula is C14H19IO3. The van der Waals surface area contributed by atoms with E-state index in [2.05, 4.69) is 36.4 Å². The van der Waals surface area contributed by atoms with Crippen LogP contribution in [-0.4, -0.2) is 16.9 Å². The lowest BCUT2D eigenvalue weighted by atomic mass is 9.88. The fourth-order valence-electron chi connectivity index (χ4n) is 2.26. The molecule has 0 saturated heterocycles. The summed E-state index contributed by atoms with van der Waals surface area (Å²) in [4.78, 5) is 10.8. The van der Waals surface area contributed by atoms with Gasteiger partial charge in [-0.15, -0.1) is 0 Å². The van der Waals surface area contributed by atoms with Crippen molar-refractivity contribution in [1.82, 2.24) is 0 Å². The molecule has 3 nitrogen and oxygen atoms in total. The van der Waals surface area contributed by atoms with Crippen LogP contribution in [0.3, 0.4) is 0 Å². The van der Waals surface area contributed by atoms with E-state index >= 15 is 0 Å². The van der Waals surface area contributed by atoms with Gasteiger partial charge < -0.3 is 9.84 Å². The normalized spacial score (nSPS) is 14.3. The number of benzene rings is 1. The van der Waals surface area contributed by atoms with Crippen molar-refractivity contribution < 1.29 is 14.6 Å². The van der Waals surface area contributed by atoms with Crippen LogP contribution in [0.2, 0.25) is 0 Å².